The lowest BCUT2D eigenvalue weighted by Gasteiger charge is -2.44. The van der Waals surface area contributed by atoms with Gasteiger partial charge in [0.05, 0.1) is 18.3 Å². The van der Waals surface area contributed by atoms with Crippen LogP contribution in [0, 0.1) is 0 Å². The van der Waals surface area contributed by atoms with E-state index < -0.39 is 0 Å². The molecule has 0 saturated carbocycles. The summed E-state index contributed by atoms with van der Waals surface area (Å²) in [6.45, 7) is 7.44. The van der Waals surface area contributed by atoms with Crippen LogP contribution in [0.15, 0.2) is 24.4 Å². The number of piperazine rings is 1. The van der Waals surface area contributed by atoms with Crippen molar-refractivity contribution in [3.05, 3.63) is 41.3 Å². The number of hydrogen-bond acceptors (Lipinski definition) is 5. The zero-order valence-corrected chi connectivity index (χ0v) is 17.3. The quantitative estimate of drug-likeness (QED) is 0.743. The van der Waals surface area contributed by atoms with Gasteiger partial charge in [0.25, 0.3) is 5.91 Å². The fourth-order valence-electron chi connectivity index (χ4n) is 4.97. The summed E-state index contributed by atoms with van der Waals surface area (Å²) in [6.07, 6.45) is 3.96. The van der Waals surface area contributed by atoms with Crippen molar-refractivity contribution < 1.29 is 9.59 Å². The van der Waals surface area contributed by atoms with Gasteiger partial charge in [0.15, 0.2) is 5.82 Å². The number of fused-ring (bicyclic) bond motifs is 2. The molecule has 2 aromatic rings. The van der Waals surface area contributed by atoms with Crippen LogP contribution in [0.25, 0.3) is 0 Å². The summed E-state index contributed by atoms with van der Waals surface area (Å²) >= 11 is 0. The number of nitrogens with zero attached hydrogens (tertiary/aromatic N) is 5. The molecule has 0 spiro atoms. The zero-order valence-electron chi connectivity index (χ0n) is 17.3. The van der Waals surface area contributed by atoms with Gasteiger partial charge in [-0.05, 0) is 45.4 Å². The number of aromatic nitrogens is 3. The van der Waals surface area contributed by atoms with E-state index >= 15 is 0 Å². The van der Waals surface area contributed by atoms with Crippen molar-refractivity contribution in [3.63, 3.8) is 0 Å². The van der Waals surface area contributed by atoms with E-state index in [1.54, 1.807) is 24.4 Å². The fraction of sp³-hybridized carbons (Fsp3) is 0.565. The molecule has 9 heteroatoms. The first-order valence-corrected chi connectivity index (χ1v) is 10.6. The zero-order chi connectivity index (χ0) is 20.8. The lowest BCUT2D eigenvalue weighted by atomic mass is 10.1. The van der Waals surface area contributed by atoms with Gasteiger partial charge in [-0.15, -0.1) is 0 Å². The van der Waals surface area contributed by atoms with Crippen LogP contribution in [0.2, 0.25) is 0 Å². The number of anilines is 1. The predicted octanol–water partition coefficient (Wildman–Crippen LogP) is 3.49. The van der Waals surface area contributed by atoms with Crippen LogP contribution in [0.3, 0.4) is 0 Å². The van der Waals surface area contributed by atoms with E-state index in [1.807, 2.05) is 16.7 Å². The van der Waals surface area contributed by atoms with Crippen LogP contribution in [0.4, 0.5) is 10.6 Å². The molecule has 1 unspecified atom stereocenters. The Balaban J connectivity index is 0.00000144. The number of carbonyl (C=O) groups excluding carboxylic acids is 2. The normalized spacial score (nSPS) is 24.2. The Morgan fingerprint density at radius 3 is 2.72 bits per heavy atom. The molecule has 2 saturated heterocycles. The molecule has 5 heterocycles. The molecule has 0 aromatic carbocycles. The van der Waals surface area contributed by atoms with Gasteiger partial charge in [0.2, 0.25) is 0 Å². The van der Waals surface area contributed by atoms with Crippen LogP contribution >= 0.6 is 0 Å². The van der Waals surface area contributed by atoms with E-state index in [-0.39, 0.29) is 38.9 Å². The van der Waals surface area contributed by atoms with Gasteiger partial charge in [-0.25, -0.2) is 4.79 Å². The molecule has 2 aromatic heterocycles. The molecule has 3 amide bonds. The second kappa shape index (κ2) is 9.28. The first-order valence-electron chi connectivity index (χ1n) is 10.6. The minimum absolute atomic E-state index is 0. The number of carbonyl (C=O) groups is 2. The summed E-state index contributed by atoms with van der Waals surface area (Å²) < 4.78 is 0. The third-order valence-corrected chi connectivity index (χ3v) is 6.67. The Morgan fingerprint density at radius 2 is 1.97 bits per heavy atom. The average molecular weight is 442 g/mol. The van der Waals surface area contributed by atoms with Gasteiger partial charge in [-0.3, -0.25) is 19.8 Å². The highest BCUT2D eigenvalue weighted by molar-refractivity contribution is 6.02. The highest BCUT2D eigenvalue weighted by Crippen LogP contribution is 2.37. The number of nitrogens with one attached hydrogen (secondary N) is 2. The number of pyridine rings is 1. The molecule has 3 atom stereocenters. The summed E-state index contributed by atoms with van der Waals surface area (Å²) in [5.74, 6) is 0.157. The molecule has 9 nitrogen and oxygen atoms in total. The van der Waals surface area contributed by atoms with Gasteiger partial charge in [-0.1, -0.05) is 20.9 Å². The largest absolute Gasteiger partial charge is 0.321 e. The standard InChI is InChI=1S/C21H27N7O2.2CH4/c1-13-10-26-9-5-6-15(26)11-27(13)21(30)28-12-16-18(14(28)2)24-25-19(16)23-20(29)17-7-3-4-8-22-17;;/h3-4,7-8,13-15H,5-6,9-12H2,1-2H3,(H2,23,24,25,29);2*1H4/t13-,14?,15-;;/m0../s1. The second-order valence-electron chi connectivity index (χ2n) is 8.51. The summed E-state index contributed by atoms with van der Waals surface area (Å²) in [5.41, 5.74) is 2.08. The Morgan fingerprint density at radius 1 is 1.16 bits per heavy atom. The summed E-state index contributed by atoms with van der Waals surface area (Å²) in [5, 5.41) is 10.1. The molecule has 0 aliphatic carbocycles. The van der Waals surface area contributed by atoms with Gasteiger partial charge in [-0.2, -0.15) is 5.10 Å². The molecule has 174 valence electrons. The molecular formula is C23H35N7O2. The maximum absolute atomic E-state index is 13.4. The first kappa shape index (κ1) is 23.7. The maximum atomic E-state index is 13.4. The van der Waals surface area contributed by atoms with Crippen molar-refractivity contribution in [1.82, 2.24) is 29.9 Å². The summed E-state index contributed by atoms with van der Waals surface area (Å²) in [4.78, 5) is 36.4. The molecule has 2 fully saturated rings. The number of amides is 3. The number of H-pyrrole nitrogens is 1. The molecule has 3 aliphatic heterocycles. The summed E-state index contributed by atoms with van der Waals surface area (Å²) in [6, 6.07) is 5.81. The Labute approximate surface area is 190 Å². The van der Waals surface area contributed by atoms with E-state index in [9.17, 15) is 9.59 Å². The minimum atomic E-state index is -0.312. The van der Waals surface area contributed by atoms with Gasteiger partial charge < -0.3 is 15.1 Å². The monoisotopic (exact) mass is 441 g/mol. The third-order valence-electron chi connectivity index (χ3n) is 6.67. The van der Waals surface area contributed by atoms with Crippen molar-refractivity contribution in [2.45, 2.75) is 66.2 Å². The SMILES string of the molecule is C.C.CC1c2[nH]nc(NC(=O)c3ccccn3)c2CN1C(=O)N1C[C@@H]2CCCN2C[C@@H]1C. The van der Waals surface area contributed by atoms with Gasteiger partial charge >= 0.3 is 6.03 Å². The smallest absolute Gasteiger partial charge is 0.319 e. The molecule has 0 radical (unpaired) electrons. The number of rotatable bonds is 2. The van der Waals surface area contributed by atoms with Crippen LogP contribution in [0.1, 0.15) is 69.3 Å². The topological polar surface area (TPSA) is 97.5 Å². The highest BCUT2D eigenvalue weighted by Gasteiger charge is 2.42. The second-order valence-corrected chi connectivity index (χ2v) is 8.51. The molecule has 32 heavy (non-hydrogen) atoms. The average Bonchev–Trinajstić information content (AvgIpc) is 3.45. The van der Waals surface area contributed by atoms with E-state index in [0.29, 0.717) is 24.1 Å². The number of urea groups is 1. The summed E-state index contributed by atoms with van der Waals surface area (Å²) in [7, 11) is 0. The highest BCUT2D eigenvalue weighted by atomic mass is 16.2. The van der Waals surface area contributed by atoms with Crippen molar-refractivity contribution >= 4 is 17.8 Å². The van der Waals surface area contributed by atoms with Crippen LogP contribution in [-0.2, 0) is 6.54 Å². The molecule has 0 bridgehead atoms. The maximum Gasteiger partial charge on any atom is 0.321 e. The van der Waals surface area contributed by atoms with E-state index in [1.165, 1.54) is 12.8 Å². The minimum Gasteiger partial charge on any atom is -0.319 e. The molecule has 5 rings (SSSR count). The fourth-order valence-corrected chi connectivity index (χ4v) is 4.97. The predicted molar refractivity (Wildman–Crippen MR) is 124 cm³/mol. The van der Waals surface area contributed by atoms with Crippen LogP contribution < -0.4 is 5.32 Å². The van der Waals surface area contributed by atoms with Crippen LogP contribution in [0.5, 0.6) is 0 Å². The van der Waals surface area contributed by atoms with Gasteiger partial charge in [0, 0.05) is 36.9 Å². The van der Waals surface area contributed by atoms with E-state index in [0.717, 1.165) is 30.9 Å². The number of hydrogen-bond donors (Lipinski definition) is 2. The van der Waals surface area contributed by atoms with Crippen molar-refractivity contribution in [1.29, 1.82) is 0 Å². The van der Waals surface area contributed by atoms with E-state index in [4.69, 9.17) is 0 Å². The van der Waals surface area contributed by atoms with Crippen molar-refractivity contribution in [2.75, 3.05) is 25.0 Å². The third kappa shape index (κ3) is 3.97. The molecule has 3 aliphatic rings. The van der Waals surface area contributed by atoms with Crippen molar-refractivity contribution in [3.8, 4) is 0 Å². The van der Waals surface area contributed by atoms with Crippen molar-refractivity contribution in [2.24, 2.45) is 0 Å². The van der Waals surface area contributed by atoms with Gasteiger partial charge in [0.1, 0.15) is 5.69 Å². The lowest BCUT2D eigenvalue weighted by Crippen LogP contribution is -2.59. The van der Waals surface area contributed by atoms with E-state index in [2.05, 4.69) is 32.3 Å². The Kier molecular flexibility index (Phi) is 6.88. The Bertz CT molecular complexity index is 961. The lowest BCUT2D eigenvalue weighted by molar-refractivity contribution is 0.0580. The molecular weight excluding hydrogens is 406 g/mol. The Hall–Kier alpha value is -2.94. The molecule has 2 N–H and O–H groups in total. The van der Waals surface area contributed by atoms with Crippen LogP contribution in [-0.4, -0.2) is 73.5 Å². The first-order chi connectivity index (χ1) is 14.5. The number of aromatic amines is 1.